The lowest BCUT2D eigenvalue weighted by Crippen LogP contribution is -2.01. The van der Waals surface area contributed by atoms with Gasteiger partial charge in [-0.25, -0.2) is 0 Å². The Bertz CT molecular complexity index is 688. The van der Waals surface area contributed by atoms with E-state index in [1.807, 2.05) is 18.2 Å². The molecular weight excluding hydrogens is 266 g/mol. The summed E-state index contributed by atoms with van der Waals surface area (Å²) in [7, 11) is 0. The van der Waals surface area contributed by atoms with Gasteiger partial charge in [-0.15, -0.1) is 0 Å². The molecule has 1 aliphatic rings. The average Bonchev–Trinajstić information content (AvgIpc) is 2.95. The maximum absolute atomic E-state index is 5.36. The first-order valence-corrected chi connectivity index (χ1v) is 7.78. The van der Waals surface area contributed by atoms with Crippen molar-refractivity contribution < 1.29 is 0 Å². The highest BCUT2D eigenvalue weighted by molar-refractivity contribution is 5.76. The van der Waals surface area contributed by atoms with Gasteiger partial charge in [0, 0.05) is 0 Å². The van der Waals surface area contributed by atoms with Gasteiger partial charge in [0.05, 0.1) is 0 Å². The lowest BCUT2D eigenvalue weighted by atomic mass is 10.1. The number of nitrogens with two attached hydrogens (primary N) is 1. The van der Waals surface area contributed by atoms with Crippen molar-refractivity contribution in [1.29, 1.82) is 0 Å². The van der Waals surface area contributed by atoms with Crippen molar-refractivity contribution >= 4 is 0 Å². The SMILES string of the molecule is NCCc1ccccc1.c1ccc2c(c1)Cc1ccccc1-2. The van der Waals surface area contributed by atoms with Crippen molar-refractivity contribution in [2.45, 2.75) is 12.8 Å². The van der Waals surface area contributed by atoms with Crippen LogP contribution >= 0.6 is 0 Å². The highest BCUT2D eigenvalue weighted by Crippen LogP contribution is 2.35. The number of hydrogen-bond acceptors (Lipinski definition) is 1. The fourth-order valence-electron chi connectivity index (χ4n) is 2.89. The van der Waals surface area contributed by atoms with Crippen LogP contribution in [0.5, 0.6) is 0 Å². The Morgan fingerprint density at radius 2 is 1.14 bits per heavy atom. The number of hydrogen-bond donors (Lipinski definition) is 1. The monoisotopic (exact) mass is 287 g/mol. The molecule has 3 aromatic carbocycles. The van der Waals surface area contributed by atoms with E-state index in [4.69, 9.17) is 5.73 Å². The molecule has 22 heavy (non-hydrogen) atoms. The van der Waals surface area contributed by atoms with Crippen molar-refractivity contribution in [1.82, 2.24) is 0 Å². The first-order chi connectivity index (χ1) is 10.9. The van der Waals surface area contributed by atoms with Crippen molar-refractivity contribution in [2.24, 2.45) is 5.73 Å². The lowest BCUT2D eigenvalue weighted by molar-refractivity contribution is 0.969. The van der Waals surface area contributed by atoms with E-state index in [1.54, 1.807) is 0 Å². The van der Waals surface area contributed by atoms with Crippen LogP contribution in [0.2, 0.25) is 0 Å². The summed E-state index contributed by atoms with van der Waals surface area (Å²) in [6.45, 7) is 0.740. The Morgan fingerprint density at radius 1 is 0.636 bits per heavy atom. The molecule has 0 spiro atoms. The van der Waals surface area contributed by atoms with Crippen molar-refractivity contribution in [3.63, 3.8) is 0 Å². The van der Waals surface area contributed by atoms with Crippen molar-refractivity contribution in [3.8, 4) is 11.1 Å². The van der Waals surface area contributed by atoms with Crippen LogP contribution in [0, 0.1) is 0 Å². The van der Waals surface area contributed by atoms with Gasteiger partial charge in [-0.05, 0) is 47.2 Å². The molecule has 0 bridgehead atoms. The Kier molecular flexibility index (Phi) is 4.67. The quantitative estimate of drug-likeness (QED) is 0.579. The van der Waals surface area contributed by atoms with Gasteiger partial charge in [0.25, 0.3) is 0 Å². The molecule has 0 atom stereocenters. The van der Waals surface area contributed by atoms with Crippen molar-refractivity contribution in [2.75, 3.05) is 6.54 Å². The fourth-order valence-corrected chi connectivity index (χ4v) is 2.89. The molecule has 1 nitrogen and oxygen atoms in total. The van der Waals surface area contributed by atoms with E-state index in [-0.39, 0.29) is 0 Å². The summed E-state index contributed by atoms with van der Waals surface area (Å²) in [6.07, 6.45) is 2.09. The van der Waals surface area contributed by atoms with Gasteiger partial charge in [0.15, 0.2) is 0 Å². The molecule has 0 radical (unpaired) electrons. The normalized spacial score (nSPS) is 11.1. The van der Waals surface area contributed by atoms with Crippen molar-refractivity contribution in [3.05, 3.63) is 95.6 Å². The van der Waals surface area contributed by atoms with E-state index < -0.39 is 0 Å². The molecule has 1 heteroatoms. The molecule has 2 N–H and O–H groups in total. The van der Waals surface area contributed by atoms with E-state index >= 15 is 0 Å². The molecule has 1 aliphatic carbocycles. The molecule has 0 aromatic heterocycles. The zero-order valence-corrected chi connectivity index (χ0v) is 12.7. The van der Waals surface area contributed by atoms with E-state index in [0.29, 0.717) is 0 Å². The van der Waals surface area contributed by atoms with E-state index in [1.165, 1.54) is 27.8 Å². The van der Waals surface area contributed by atoms with Gasteiger partial charge in [-0.1, -0.05) is 78.9 Å². The summed E-state index contributed by atoms with van der Waals surface area (Å²) < 4.78 is 0. The smallest absolute Gasteiger partial charge is 0.00135 e. The van der Waals surface area contributed by atoms with Crippen LogP contribution in [0.15, 0.2) is 78.9 Å². The van der Waals surface area contributed by atoms with Gasteiger partial charge in [0.2, 0.25) is 0 Å². The minimum atomic E-state index is 0.740. The van der Waals surface area contributed by atoms with Gasteiger partial charge in [0.1, 0.15) is 0 Å². The minimum absolute atomic E-state index is 0.740. The highest BCUT2D eigenvalue weighted by Gasteiger charge is 2.15. The predicted octanol–water partition coefficient (Wildman–Crippen LogP) is 4.45. The summed E-state index contributed by atoms with van der Waals surface area (Å²) in [5.74, 6) is 0. The van der Waals surface area contributed by atoms with Crippen LogP contribution in [0.25, 0.3) is 11.1 Å². The highest BCUT2D eigenvalue weighted by atomic mass is 14.5. The summed E-state index contributed by atoms with van der Waals surface area (Å²) in [6, 6.07) is 27.6. The summed E-state index contributed by atoms with van der Waals surface area (Å²) >= 11 is 0. The van der Waals surface area contributed by atoms with Gasteiger partial charge in [-0.3, -0.25) is 0 Å². The van der Waals surface area contributed by atoms with Gasteiger partial charge >= 0.3 is 0 Å². The van der Waals surface area contributed by atoms with E-state index in [2.05, 4.69) is 60.7 Å². The minimum Gasteiger partial charge on any atom is -0.330 e. The molecule has 0 saturated heterocycles. The first-order valence-electron chi connectivity index (χ1n) is 7.78. The summed E-state index contributed by atoms with van der Waals surface area (Å²) in [5.41, 5.74) is 12.4. The Hall–Kier alpha value is -2.38. The molecule has 4 rings (SSSR count). The molecule has 110 valence electrons. The lowest BCUT2D eigenvalue weighted by Gasteiger charge is -1.98. The third-order valence-corrected chi connectivity index (χ3v) is 3.98. The van der Waals surface area contributed by atoms with Crippen LogP contribution in [0.1, 0.15) is 16.7 Å². The first kappa shape index (κ1) is 14.6. The Balaban J connectivity index is 0.000000142. The molecule has 0 heterocycles. The summed E-state index contributed by atoms with van der Waals surface area (Å²) in [5, 5.41) is 0. The number of fused-ring (bicyclic) bond motifs is 3. The maximum atomic E-state index is 5.36. The topological polar surface area (TPSA) is 26.0 Å². The van der Waals surface area contributed by atoms with Crippen LogP contribution < -0.4 is 5.73 Å². The number of rotatable bonds is 2. The average molecular weight is 287 g/mol. The second-order valence-corrected chi connectivity index (χ2v) is 5.52. The second kappa shape index (κ2) is 7.06. The van der Waals surface area contributed by atoms with Crippen LogP contribution in [0.4, 0.5) is 0 Å². The number of benzene rings is 3. The molecule has 3 aromatic rings. The van der Waals surface area contributed by atoms with Crippen LogP contribution in [-0.4, -0.2) is 6.54 Å². The second-order valence-electron chi connectivity index (χ2n) is 5.52. The standard InChI is InChI=1S/C13H10.C8H11N/c1-3-7-12-10(5-1)9-11-6-2-4-8-13(11)12;9-7-6-8-4-2-1-3-5-8/h1-8H,9H2;1-5H,6-7,9H2. The molecule has 0 saturated carbocycles. The zero-order chi connectivity index (χ0) is 15.2. The predicted molar refractivity (Wildman–Crippen MR) is 93.9 cm³/mol. The van der Waals surface area contributed by atoms with Crippen LogP contribution in [0.3, 0.4) is 0 Å². The third-order valence-electron chi connectivity index (χ3n) is 3.98. The maximum Gasteiger partial charge on any atom is -0.00135 e. The van der Waals surface area contributed by atoms with E-state index in [0.717, 1.165) is 19.4 Å². The molecule has 0 unspecified atom stereocenters. The van der Waals surface area contributed by atoms with Gasteiger partial charge < -0.3 is 5.73 Å². The Morgan fingerprint density at radius 3 is 1.68 bits per heavy atom. The molecular formula is C21H21N. The zero-order valence-electron chi connectivity index (χ0n) is 12.7. The third kappa shape index (κ3) is 3.26. The van der Waals surface area contributed by atoms with Crippen LogP contribution in [-0.2, 0) is 12.8 Å². The molecule has 0 amide bonds. The largest absolute Gasteiger partial charge is 0.330 e. The van der Waals surface area contributed by atoms with E-state index in [9.17, 15) is 0 Å². The Labute approximate surface area is 132 Å². The fraction of sp³-hybridized carbons (Fsp3) is 0.143. The molecule has 0 fully saturated rings. The molecule has 0 aliphatic heterocycles. The van der Waals surface area contributed by atoms with Gasteiger partial charge in [-0.2, -0.15) is 0 Å². The summed E-state index contributed by atoms with van der Waals surface area (Å²) in [4.78, 5) is 0.